The molecule has 28 heavy (non-hydrogen) atoms. The fourth-order valence-electron chi connectivity index (χ4n) is 2.54. The highest BCUT2D eigenvalue weighted by atomic mass is 127. The van der Waals surface area contributed by atoms with Crippen molar-refractivity contribution in [2.45, 2.75) is 0 Å². The van der Waals surface area contributed by atoms with Gasteiger partial charge in [0.25, 0.3) is 11.1 Å². The number of anilines is 1. The minimum Gasteiger partial charge on any atom is -0.493 e. The molecule has 1 heterocycles. The lowest BCUT2D eigenvalue weighted by molar-refractivity contribution is -0.113. The van der Waals surface area contributed by atoms with Crippen molar-refractivity contribution in [3.8, 4) is 11.5 Å². The first-order valence-electron chi connectivity index (χ1n) is 8.09. The number of imide groups is 1. The summed E-state index contributed by atoms with van der Waals surface area (Å²) in [7, 11) is 1.55. The summed E-state index contributed by atoms with van der Waals surface area (Å²) in [6, 6.07) is 10.2. The van der Waals surface area contributed by atoms with Crippen LogP contribution in [0.25, 0.3) is 6.08 Å². The first-order valence-corrected chi connectivity index (χ1v) is 10.4. The van der Waals surface area contributed by atoms with Gasteiger partial charge in [-0.25, -0.2) is 4.90 Å². The zero-order valence-electron chi connectivity index (χ0n) is 14.8. The van der Waals surface area contributed by atoms with Gasteiger partial charge in [0.05, 0.1) is 21.3 Å². The molecule has 0 spiro atoms. The van der Waals surface area contributed by atoms with E-state index in [-0.39, 0.29) is 11.1 Å². The zero-order valence-corrected chi connectivity index (χ0v) is 18.5. The second kappa shape index (κ2) is 9.02. The van der Waals surface area contributed by atoms with Crippen LogP contribution in [0.4, 0.5) is 10.5 Å². The largest absolute Gasteiger partial charge is 0.493 e. The van der Waals surface area contributed by atoms with Crippen molar-refractivity contribution < 1.29 is 19.1 Å². The Morgan fingerprint density at radius 2 is 1.96 bits per heavy atom. The third kappa shape index (κ3) is 4.37. The fourth-order valence-corrected chi connectivity index (χ4v) is 4.29. The summed E-state index contributed by atoms with van der Waals surface area (Å²) >= 11 is 8.91. The SMILES string of the molecule is C=CCOc1c(I)cc(/C=C2\SC(=O)N(c3ccc(Cl)cc3)C2=O)cc1OC. The highest BCUT2D eigenvalue weighted by molar-refractivity contribution is 14.1. The van der Waals surface area contributed by atoms with Crippen LogP contribution >= 0.6 is 46.0 Å². The van der Waals surface area contributed by atoms with E-state index < -0.39 is 0 Å². The van der Waals surface area contributed by atoms with E-state index in [2.05, 4.69) is 29.2 Å². The molecule has 0 unspecified atom stereocenters. The second-order valence-electron chi connectivity index (χ2n) is 5.63. The van der Waals surface area contributed by atoms with Crippen LogP contribution in [0.3, 0.4) is 0 Å². The van der Waals surface area contributed by atoms with E-state index in [1.807, 2.05) is 6.07 Å². The van der Waals surface area contributed by atoms with Gasteiger partial charge in [0.2, 0.25) is 0 Å². The summed E-state index contributed by atoms with van der Waals surface area (Å²) in [4.78, 5) is 26.6. The third-order valence-corrected chi connectivity index (χ3v) is 5.70. The smallest absolute Gasteiger partial charge is 0.298 e. The molecule has 0 atom stereocenters. The molecule has 0 aromatic heterocycles. The third-order valence-electron chi connectivity index (χ3n) is 3.77. The average Bonchev–Trinajstić information content (AvgIpc) is 2.94. The number of hydrogen-bond donors (Lipinski definition) is 0. The summed E-state index contributed by atoms with van der Waals surface area (Å²) in [5.41, 5.74) is 1.21. The van der Waals surface area contributed by atoms with Gasteiger partial charge in [-0.3, -0.25) is 9.59 Å². The first kappa shape index (κ1) is 20.8. The Bertz CT molecular complexity index is 975. The number of methoxy groups -OCH3 is 1. The van der Waals surface area contributed by atoms with Gasteiger partial charge in [-0.05, 0) is 82.4 Å². The van der Waals surface area contributed by atoms with Crippen LogP contribution in [0.5, 0.6) is 11.5 Å². The normalized spacial score (nSPS) is 15.2. The molecule has 1 aliphatic heterocycles. The lowest BCUT2D eigenvalue weighted by atomic mass is 10.1. The van der Waals surface area contributed by atoms with Crippen molar-refractivity contribution in [3.63, 3.8) is 0 Å². The molecule has 8 heteroatoms. The topological polar surface area (TPSA) is 55.8 Å². The molecule has 144 valence electrons. The number of benzene rings is 2. The van der Waals surface area contributed by atoms with Crippen molar-refractivity contribution in [2.75, 3.05) is 18.6 Å². The van der Waals surface area contributed by atoms with Crippen molar-refractivity contribution in [3.05, 3.63) is 68.1 Å². The van der Waals surface area contributed by atoms with Gasteiger partial charge in [-0.1, -0.05) is 24.3 Å². The van der Waals surface area contributed by atoms with Gasteiger partial charge in [0.1, 0.15) is 6.61 Å². The Hall–Kier alpha value is -1.97. The lowest BCUT2D eigenvalue weighted by Crippen LogP contribution is -2.27. The molecular formula is C20H15ClINO4S. The van der Waals surface area contributed by atoms with Crippen molar-refractivity contribution in [1.29, 1.82) is 0 Å². The Balaban J connectivity index is 1.92. The Morgan fingerprint density at radius 3 is 2.61 bits per heavy atom. The highest BCUT2D eigenvalue weighted by Crippen LogP contribution is 2.38. The number of nitrogens with zero attached hydrogens (tertiary/aromatic N) is 1. The molecule has 2 aromatic carbocycles. The van der Waals surface area contributed by atoms with Gasteiger partial charge < -0.3 is 9.47 Å². The van der Waals surface area contributed by atoms with E-state index >= 15 is 0 Å². The summed E-state index contributed by atoms with van der Waals surface area (Å²) in [5.74, 6) is 0.768. The maximum absolute atomic E-state index is 12.8. The number of carbonyl (C=O) groups is 2. The van der Waals surface area contributed by atoms with Crippen LogP contribution in [0, 0.1) is 3.57 Å². The van der Waals surface area contributed by atoms with Gasteiger partial charge in [0.15, 0.2) is 11.5 Å². The molecular weight excluding hydrogens is 513 g/mol. The molecule has 0 N–H and O–H groups in total. The summed E-state index contributed by atoms with van der Waals surface area (Å²) in [6.45, 7) is 3.99. The van der Waals surface area contributed by atoms with Crippen LogP contribution < -0.4 is 14.4 Å². The average molecular weight is 528 g/mol. The standard InChI is InChI=1S/C20H15ClINO4S/c1-3-8-27-18-15(22)9-12(10-16(18)26-2)11-17-19(24)23(20(25)28-17)14-6-4-13(21)5-7-14/h3-7,9-11H,1,8H2,2H3/b17-11-. The van der Waals surface area contributed by atoms with E-state index in [1.54, 1.807) is 49.6 Å². The number of hydrogen-bond acceptors (Lipinski definition) is 5. The Kier molecular flexibility index (Phi) is 6.69. The molecule has 5 nitrogen and oxygen atoms in total. The molecule has 0 aliphatic carbocycles. The molecule has 0 saturated carbocycles. The van der Waals surface area contributed by atoms with Gasteiger partial charge in [-0.15, -0.1) is 0 Å². The molecule has 0 bridgehead atoms. The minimum absolute atomic E-state index is 0.331. The summed E-state index contributed by atoms with van der Waals surface area (Å²) in [6.07, 6.45) is 3.32. The molecule has 2 amide bonds. The van der Waals surface area contributed by atoms with Crippen LogP contribution in [0.2, 0.25) is 5.02 Å². The quantitative estimate of drug-likeness (QED) is 0.272. The van der Waals surface area contributed by atoms with Gasteiger partial charge in [-0.2, -0.15) is 0 Å². The predicted octanol–water partition coefficient (Wildman–Crippen LogP) is 5.76. The lowest BCUT2D eigenvalue weighted by Gasteiger charge is -2.13. The Labute approximate surface area is 185 Å². The van der Waals surface area contributed by atoms with Gasteiger partial charge in [0, 0.05) is 5.02 Å². The van der Waals surface area contributed by atoms with E-state index in [0.29, 0.717) is 33.7 Å². The number of halogens is 2. The molecule has 0 radical (unpaired) electrons. The first-order chi connectivity index (χ1) is 13.4. The van der Waals surface area contributed by atoms with Crippen molar-refractivity contribution >= 4 is 68.9 Å². The minimum atomic E-state index is -0.377. The van der Waals surface area contributed by atoms with Crippen LogP contribution in [0.1, 0.15) is 5.56 Å². The van der Waals surface area contributed by atoms with Crippen LogP contribution in [-0.2, 0) is 4.79 Å². The molecule has 1 fully saturated rings. The molecule has 1 saturated heterocycles. The zero-order chi connectivity index (χ0) is 20.3. The molecule has 2 aromatic rings. The predicted molar refractivity (Wildman–Crippen MR) is 121 cm³/mol. The summed E-state index contributed by atoms with van der Waals surface area (Å²) < 4.78 is 11.9. The van der Waals surface area contributed by atoms with Crippen molar-refractivity contribution in [1.82, 2.24) is 0 Å². The highest BCUT2D eigenvalue weighted by Gasteiger charge is 2.36. The van der Waals surface area contributed by atoms with E-state index in [9.17, 15) is 9.59 Å². The van der Waals surface area contributed by atoms with E-state index in [0.717, 1.165) is 25.8 Å². The van der Waals surface area contributed by atoms with E-state index in [4.69, 9.17) is 21.1 Å². The van der Waals surface area contributed by atoms with Crippen molar-refractivity contribution in [2.24, 2.45) is 0 Å². The van der Waals surface area contributed by atoms with Crippen LogP contribution in [0.15, 0.2) is 54.0 Å². The number of thioether (sulfide) groups is 1. The fraction of sp³-hybridized carbons (Fsp3) is 0.100. The number of ether oxygens (including phenoxy) is 2. The Morgan fingerprint density at radius 1 is 1.25 bits per heavy atom. The van der Waals surface area contributed by atoms with E-state index in [1.165, 1.54) is 0 Å². The summed E-state index contributed by atoms with van der Waals surface area (Å²) in [5, 5.41) is 0.179. The number of amides is 2. The molecule has 3 rings (SSSR count). The maximum atomic E-state index is 12.8. The second-order valence-corrected chi connectivity index (χ2v) is 8.22. The van der Waals surface area contributed by atoms with Gasteiger partial charge >= 0.3 is 0 Å². The van der Waals surface area contributed by atoms with Crippen LogP contribution in [-0.4, -0.2) is 24.9 Å². The monoisotopic (exact) mass is 527 g/mol. The maximum Gasteiger partial charge on any atom is 0.298 e. The number of carbonyl (C=O) groups excluding carboxylic acids is 2. The number of rotatable bonds is 6. The molecule has 1 aliphatic rings.